The van der Waals surface area contributed by atoms with Crippen LogP contribution < -0.4 is 0 Å². The zero-order valence-electron chi connectivity index (χ0n) is 13.1. The maximum absolute atomic E-state index is 11.6. The number of hydrogen-bond donors (Lipinski definition) is 1. The molecular formula is C18H13ClN2O3S. The largest absolute Gasteiger partial charge is 0.477 e. The highest BCUT2D eigenvalue weighted by atomic mass is 35.5. The number of thioether (sulfide) groups is 1. The van der Waals surface area contributed by atoms with E-state index in [2.05, 4.69) is 10.2 Å². The minimum atomic E-state index is -1.06. The smallest absolute Gasteiger partial charge is 0.342 e. The van der Waals surface area contributed by atoms with E-state index >= 15 is 0 Å². The van der Waals surface area contributed by atoms with E-state index in [0.717, 1.165) is 22.9 Å². The van der Waals surface area contributed by atoms with Gasteiger partial charge in [-0.15, -0.1) is 10.2 Å². The van der Waals surface area contributed by atoms with Crippen LogP contribution in [0.15, 0.2) is 63.1 Å². The van der Waals surface area contributed by atoms with Crippen molar-refractivity contribution in [3.8, 4) is 11.5 Å². The molecule has 126 valence electrons. The number of aliphatic carboxylic acids is 1. The summed E-state index contributed by atoms with van der Waals surface area (Å²) in [6, 6.07) is 14.6. The molecular weight excluding hydrogens is 360 g/mol. The summed E-state index contributed by atoms with van der Waals surface area (Å²) in [6.07, 6.45) is 1.59. The molecule has 1 heterocycles. The van der Waals surface area contributed by atoms with E-state index in [1.54, 1.807) is 30.3 Å². The number of nitrogens with zero attached hydrogens (tertiary/aromatic N) is 2. The Morgan fingerprint density at radius 3 is 2.60 bits per heavy atom. The molecule has 0 bridgehead atoms. The first kappa shape index (κ1) is 17.3. The van der Waals surface area contributed by atoms with Crippen molar-refractivity contribution in [2.75, 3.05) is 0 Å². The highest BCUT2D eigenvalue weighted by Crippen LogP contribution is 2.32. The topological polar surface area (TPSA) is 76.2 Å². The standard InChI is InChI=1S/C18H13ClN2O3S/c1-11-6-2-3-7-12(11)10-15(17(22)23)25-18-21-20-16(24-18)13-8-4-5-9-14(13)19/h2-10H,1H3,(H,22,23)/b15-10+. The fraction of sp³-hybridized carbons (Fsp3) is 0.0556. The summed E-state index contributed by atoms with van der Waals surface area (Å²) >= 11 is 7.01. The number of benzene rings is 2. The average molecular weight is 373 g/mol. The molecule has 7 heteroatoms. The van der Waals surface area contributed by atoms with Crippen LogP contribution in [-0.4, -0.2) is 21.3 Å². The van der Waals surface area contributed by atoms with Gasteiger partial charge in [0.2, 0.25) is 5.89 Å². The van der Waals surface area contributed by atoms with E-state index in [1.165, 1.54) is 0 Å². The van der Waals surface area contributed by atoms with Crippen LogP contribution in [0.3, 0.4) is 0 Å². The van der Waals surface area contributed by atoms with E-state index in [9.17, 15) is 9.90 Å². The predicted octanol–water partition coefficient (Wildman–Crippen LogP) is 4.92. The SMILES string of the molecule is Cc1ccccc1/C=C(/Sc1nnc(-c2ccccc2Cl)o1)C(=O)O. The van der Waals surface area contributed by atoms with Gasteiger partial charge in [-0.05, 0) is 48.0 Å². The van der Waals surface area contributed by atoms with Crippen molar-refractivity contribution < 1.29 is 14.3 Å². The minimum Gasteiger partial charge on any atom is -0.477 e. The molecule has 0 saturated carbocycles. The Morgan fingerprint density at radius 1 is 1.16 bits per heavy atom. The molecule has 3 rings (SSSR count). The zero-order valence-corrected chi connectivity index (χ0v) is 14.7. The fourth-order valence-electron chi connectivity index (χ4n) is 2.11. The molecule has 0 unspecified atom stereocenters. The first-order chi connectivity index (χ1) is 12.0. The molecule has 2 aromatic carbocycles. The lowest BCUT2D eigenvalue weighted by Gasteiger charge is -2.02. The van der Waals surface area contributed by atoms with Gasteiger partial charge in [-0.1, -0.05) is 48.0 Å². The first-order valence-corrected chi connectivity index (χ1v) is 8.51. The quantitative estimate of drug-likeness (QED) is 0.506. The number of halogens is 1. The van der Waals surface area contributed by atoms with E-state index < -0.39 is 5.97 Å². The molecule has 1 aromatic heterocycles. The number of carboxylic acid groups (broad SMARTS) is 1. The van der Waals surface area contributed by atoms with Crippen LogP contribution in [0, 0.1) is 6.92 Å². The maximum atomic E-state index is 11.6. The number of carboxylic acids is 1. The molecule has 0 aliphatic rings. The van der Waals surface area contributed by atoms with Crippen molar-refractivity contribution in [1.29, 1.82) is 0 Å². The number of hydrogen-bond acceptors (Lipinski definition) is 5. The van der Waals surface area contributed by atoms with Crippen LogP contribution in [0.25, 0.3) is 17.5 Å². The number of carbonyl (C=O) groups is 1. The molecule has 0 atom stereocenters. The van der Waals surface area contributed by atoms with Crippen molar-refractivity contribution in [2.24, 2.45) is 0 Å². The summed E-state index contributed by atoms with van der Waals surface area (Å²) in [4.78, 5) is 11.6. The lowest BCUT2D eigenvalue weighted by molar-refractivity contribution is -0.131. The molecule has 0 aliphatic carbocycles. The van der Waals surface area contributed by atoms with Gasteiger partial charge in [-0.25, -0.2) is 4.79 Å². The summed E-state index contributed by atoms with van der Waals surface area (Å²) in [5.41, 5.74) is 2.39. The van der Waals surface area contributed by atoms with Crippen LogP contribution >= 0.6 is 23.4 Å². The highest BCUT2D eigenvalue weighted by Gasteiger charge is 2.17. The molecule has 3 aromatic rings. The third kappa shape index (κ3) is 4.10. The van der Waals surface area contributed by atoms with Crippen molar-refractivity contribution in [3.63, 3.8) is 0 Å². The van der Waals surface area contributed by atoms with E-state index in [-0.39, 0.29) is 16.0 Å². The van der Waals surface area contributed by atoms with Gasteiger partial charge in [0.25, 0.3) is 5.22 Å². The molecule has 0 fully saturated rings. The number of aromatic nitrogens is 2. The van der Waals surface area contributed by atoms with Gasteiger partial charge in [-0.3, -0.25) is 0 Å². The summed E-state index contributed by atoms with van der Waals surface area (Å²) in [5.74, 6) is -0.820. The van der Waals surface area contributed by atoms with Crippen molar-refractivity contribution in [1.82, 2.24) is 10.2 Å². The number of rotatable bonds is 5. The molecule has 0 amide bonds. The lowest BCUT2D eigenvalue weighted by atomic mass is 10.1. The van der Waals surface area contributed by atoms with Crippen LogP contribution in [0.2, 0.25) is 5.02 Å². The third-order valence-electron chi connectivity index (χ3n) is 3.39. The molecule has 1 N–H and O–H groups in total. The fourth-order valence-corrected chi connectivity index (χ4v) is 2.99. The Bertz CT molecular complexity index is 953. The van der Waals surface area contributed by atoms with E-state index in [1.807, 2.05) is 31.2 Å². The first-order valence-electron chi connectivity index (χ1n) is 7.31. The van der Waals surface area contributed by atoms with Gasteiger partial charge in [-0.2, -0.15) is 0 Å². The van der Waals surface area contributed by atoms with Crippen LogP contribution in [0.5, 0.6) is 0 Å². The van der Waals surface area contributed by atoms with E-state index in [0.29, 0.717) is 10.6 Å². The summed E-state index contributed by atoms with van der Waals surface area (Å²) in [7, 11) is 0. The zero-order chi connectivity index (χ0) is 17.8. The predicted molar refractivity (Wildman–Crippen MR) is 97.4 cm³/mol. The number of aryl methyl sites for hydroxylation is 1. The van der Waals surface area contributed by atoms with Crippen LogP contribution in [0.4, 0.5) is 0 Å². The van der Waals surface area contributed by atoms with Crippen LogP contribution in [0.1, 0.15) is 11.1 Å². The van der Waals surface area contributed by atoms with Gasteiger partial charge in [0.15, 0.2) is 0 Å². The second kappa shape index (κ2) is 7.55. The molecule has 5 nitrogen and oxygen atoms in total. The second-order valence-corrected chi connectivity index (χ2v) is 6.53. The lowest BCUT2D eigenvalue weighted by Crippen LogP contribution is -1.97. The molecule has 25 heavy (non-hydrogen) atoms. The molecule has 0 aliphatic heterocycles. The summed E-state index contributed by atoms with van der Waals surface area (Å²) < 4.78 is 5.55. The Balaban J connectivity index is 1.89. The van der Waals surface area contributed by atoms with Gasteiger partial charge in [0, 0.05) is 0 Å². The van der Waals surface area contributed by atoms with Gasteiger partial charge >= 0.3 is 5.97 Å². The van der Waals surface area contributed by atoms with Crippen molar-refractivity contribution >= 4 is 35.4 Å². The minimum absolute atomic E-state index is 0.0867. The molecule has 0 saturated heterocycles. The second-order valence-electron chi connectivity index (χ2n) is 5.13. The summed E-state index contributed by atoms with van der Waals surface area (Å²) in [5, 5.41) is 17.9. The average Bonchev–Trinajstić information content (AvgIpc) is 3.05. The van der Waals surface area contributed by atoms with Gasteiger partial charge in [0.05, 0.1) is 10.6 Å². The Hall–Kier alpha value is -2.57. The summed E-state index contributed by atoms with van der Waals surface area (Å²) in [6.45, 7) is 1.91. The monoisotopic (exact) mass is 372 g/mol. The van der Waals surface area contributed by atoms with Crippen molar-refractivity contribution in [3.05, 3.63) is 69.6 Å². The van der Waals surface area contributed by atoms with Gasteiger partial charge < -0.3 is 9.52 Å². The van der Waals surface area contributed by atoms with Gasteiger partial charge in [0.1, 0.15) is 4.91 Å². The molecule has 0 spiro atoms. The third-order valence-corrected chi connectivity index (χ3v) is 4.58. The Morgan fingerprint density at radius 2 is 1.88 bits per heavy atom. The Labute approximate surface area is 153 Å². The molecule has 0 radical (unpaired) electrons. The van der Waals surface area contributed by atoms with Crippen molar-refractivity contribution in [2.45, 2.75) is 12.1 Å². The maximum Gasteiger partial charge on any atom is 0.342 e. The van der Waals surface area contributed by atoms with E-state index in [4.69, 9.17) is 16.0 Å². The highest BCUT2D eigenvalue weighted by molar-refractivity contribution is 8.03. The normalized spacial score (nSPS) is 11.5. The van der Waals surface area contributed by atoms with Crippen LogP contribution in [-0.2, 0) is 4.79 Å². The Kier molecular flexibility index (Phi) is 5.21.